The molecule has 0 fully saturated rings. The summed E-state index contributed by atoms with van der Waals surface area (Å²) >= 11 is 0. The van der Waals surface area contributed by atoms with E-state index in [1.54, 1.807) is 0 Å². The fraction of sp³-hybridized carbons (Fsp3) is 0.620. The van der Waals surface area contributed by atoms with E-state index in [9.17, 15) is 4.79 Å². The molecule has 340 valence electrons. The summed E-state index contributed by atoms with van der Waals surface area (Å²) in [6.45, 7) is 17.6. The van der Waals surface area contributed by atoms with E-state index in [4.69, 9.17) is 42.6 Å². The highest BCUT2D eigenvalue weighted by molar-refractivity contribution is 5.92. The number of carbonyl (C=O) groups is 1. The summed E-state index contributed by atoms with van der Waals surface area (Å²) in [5.74, 6) is 1.50. The van der Waals surface area contributed by atoms with Crippen molar-refractivity contribution < 1.29 is 51.8 Å². The number of carbonyl (C=O) groups excluding carboxylic acids is 1. The average Bonchev–Trinajstić information content (AvgIpc) is 3.26. The Morgan fingerprint density at radius 3 is 1.62 bits per heavy atom. The van der Waals surface area contributed by atoms with E-state index >= 15 is 4.39 Å². The molecular formula is C50H73FO10. The first kappa shape index (κ1) is 49.1. The summed E-state index contributed by atoms with van der Waals surface area (Å²) in [5, 5.41) is 0. The van der Waals surface area contributed by atoms with Crippen LogP contribution in [0, 0.1) is 5.82 Å². The monoisotopic (exact) mass is 853 g/mol. The van der Waals surface area contributed by atoms with Crippen LogP contribution < -0.4 is 37.9 Å². The van der Waals surface area contributed by atoms with Gasteiger partial charge in [0.15, 0.2) is 29.2 Å². The van der Waals surface area contributed by atoms with Crippen LogP contribution in [0.15, 0.2) is 36.4 Å². The van der Waals surface area contributed by atoms with Crippen molar-refractivity contribution in [3.63, 3.8) is 0 Å². The van der Waals surface area contributed by atoms with E-state index in [0.29, 0.717) is 80.4 Å². The molecule has 0 amide bonds. The third-order valence-corrected chi connectivity index (χ3v) is 10.3. The van der Waals surface area contributed by atoms with Gasteiger partial charge in [-0.05, 0) is 57.1 Å². The highest BCUT2D eigenvalue weighted by Crippen LogP contribution is 2.47. The summed E-state index contributed by atoms with van der Waals surface area (Å²) in [4.78, 5) is 14.5. The van der Waals surface area contributed by atoms with Gasteiger partial charge in [0.1, 0.15) is 28.9 Å². The van der Waals surface area contributed by atoms with Gasteiger partial charge in [0, 0.05) is 35.7 Å². The van der Waals surface area contributed by atoms with Crippen LogP contribution in [-0.4, -0.2) is 58.3 Å². The maximum absolute atomic E-state index is 16.8. The number of fused-ring (bicyclic) bond motifs is 1. The number of halogens is 1. The van der Waals surface area contributed by atoms with Gasteiger partial charge in [0.2, 0.25) is 11.5 Å². The van der Waals surface area contributed by atoms with Gasteiger partial charge in [-0.2, -0.15) is 0 Å². The number of benzene rings is 3. The van der Waals surface area contributed by atoms with Crippen molar-refractivity contribution in [3.05, 3.63) is 58.9 Å². The molecule has 0 radical (unpaired) electrons. The molecule has 11 heteroatoms. The SMILES string of the molecule is CCCCOc1cc(OCCCC)c2c(c1)OC(c1ccc(OCCCC)c(OCCCC)c1)[C@H](OC(=O)c1cc(OCCCC)c(OCCCC)c(OCCCC)c1F)C2. The minimum Gasteiger partial charge on any atom is -0.493 e. The van der Waals surface area contributed by atoms with E-state index in [0.717, 1.165) is 89.0 Å². The summed E-state index contributed by atoms with van der Waals surface area (Å²) in [6.07, 6.45) is 10.8. The van der Waals surface area contributed by atoms with Crippen molar-refractivity contribution in [2.45, 2.75) is 157 Å². The summed E-state index contributed by atoms with van der Waals surface area (Å²) in [7, 11) is 0. The van der Waals surface area contributed by atoms with Gasteiger partial charge in [-0.1, -0.05) is 99.5 Å². The Kier molecular flexibility index (Phi) is 22.1. The van der Waals surface area contributed by atoms with Crippen molar-refractivity contribution in [2.24, 2.45) is 0 Å². The molecule has 3 aromatic carbocycles. The van der Waals surface area contributed by atoms with Crippen LogP contribution in [0.25, 0.3) is 0 Å². The largest absolute Gasteiger partial charge is 0.493 e. The van der Waals surface area contributed by atoms with Crippen LogP contribution in [0.3, 0.4) is 0 Å². The second-order valence-corrected chi connectivity index (χ2v) is 15.6. The van der Waals surface area contributed by atoms with E-state index in [1.807, 2.05) is 37.3 Å². The van der Waals surface area contributed by atoms with Crippen LogP contribution in [0.2, 0.25) is 0 Å². The Labute approximate surface area is 365 Å². The number of hydrogen-bond donors (Lipinski definition) is 0. The molecule has 0 N–H and O–H groups in total. The van der Waals surface area contributed by atoms with Gasteiger partial charge in [-0.3, -0.25) is 0 Å². The summed E-state index contributed by atoms with van der Waals surface area (Å²) in [6, 6.07) is 10.8. The maximum atomic E-state index is 16.8. The number of unbranched alkanes of at least 4 members (excludes halogenated alkanes) is 7. The molecule has 0 aliphatic carbocycles. The lowest BCUT2D eigenvalue weighted by Crippen LogP contribution is -2.35. The first-order chi connectivity index (χ1) is 29.8. The predicted molar refractivity (Wildman–Crippen MR) is 238 cm³/mol. The van der Waals surface area contributed by atoms with Crippen LogP contribution >= 0.6 is 0 Å². The van der Waals surface area contributed by atoms with Gasteiger partial charge in [-0.25, -0.2) is 9.18 Å². The van der Waals surface area contributed by atoms with Crippen molar-refractivity contribution >= 4 is 5.97 Å². The Morgan fingerprint density at radius 1 is 0.557 bits per heavy atom. The molecular weight excluding hydrogens is 780 g/mol. The lowest BCUT2D eigenvalue weighted by Gasteiger charge is -2.35. The maximum Gasteiger partial charge on any atom is 0.341 e. The standard InChI is InChI=1S/C50H73FO10/c1-8-15-24-53-37-32-41(55-26-17-10-3)38-34-45(47(60-42(38)33-37)36-22-23-40(54-25-16-9-2)43(31-36)56-27-18-11-4)61-50(52)39-35-44(57-28-19-12-5)48(58-29-20-13-6)49(46(39)51)59-30-21-14-7/h22-23,31-33,35,45,47H,8-21,24-30,34H2,1-7H3/t45-,47?/m1/s1. The molecule has 0 bridgehead atoms. The predicted octanol–water partition coefficient (Wildman–Crippen LogP) is 13.0. The van der Waals surface area contributed by atoms with E-state index in [-0.39, 0.29) is 35.8 Å². The molecule has 1 heterocycles. The van der Waals surface area contributed by atoms with E-state index in [2.05, 4.69) is 41.5 Å². The van der Waals surface area contributed by atoms with Crippen molar-refractivity contribution in [1.82, 2.24) is 0 Å². The second kappa shape index (κ2) is 27.4. The number of ether oxygens (including phenoxy) is 9. The Hall–Kier alpha value is -4.54. The van der Waals surface area contributed by atoms with Crippen LogP contribution in [-0.2, 0) is 11.2 Å². The molecule has 4 rings (SSSR count). The molecule has 61 heavy (non-hydrogen) atoms. The van der Waals surface area contributed by atoms with Crippen molar-refractivity contribution in [3.8, 4) is 46.0 Å². The quantitative estimate of drug-likeness (QED) is 0.0459. The van der Waals surface area contributed by atoms with Gasteiger partial charge in [0.25, 0.3) is 0 Å². The number of esters is 1. The molecule has 0 saturated heterocycles. The van der Waals surface area contributed by atoms with Crippen LogP contribution in [0.4, 0.5) is 4.39 Å². The minimum atomic E-state index is -0.912. The molecule has 0 aromatic heterocycles. The molecule has 1 aliphatic heterocycles. The van der Waals surface area contributed by atoms with E-state index in [1.165, 1.54) is 6.07 Å². The highest BCUT2D eigenvalue weighted by Gasteiger charge is 2.39. The second-order valence-electron chi connectivity index (χ2n) is 15.6. The molecule has 1 unspecified atom stereocenters. The topological polar surface area (TPSA) is 100 Å². The first-order valence-electron chi connectivity index (χ1n) is 23.3. The third kappa shape index (κ3) is 14.8. The molecule has 3 aromatic rings. The normalized spacial score (nSPS) is 14.4. The van der Waals surface area contributed by atoms with Crippen LogP contribution in [0.1, 0.15) is 166 Å². The first-order valence-corrected chi connectivity index (χ1v) is 23.3. The lowest BCUT2D eigenvalue weighted by atomic mass is 9.93. The minimum absolute atomic E-state index is 0.151. The molecule has 10 nitrogen and oxygen atoms in total. The highest BCUT2D eigenvalue weighted by atomic mass is 19.1. The molecule has 2 atom stereocenters. The molecule has 0 saturated carbocycles. The number of rotatable bonds is 31. The van der Waals surface area contributed by atoms with Gasteiger partial charge < -0.3 is 42.6 Å². The zero-order valence-electron chi connectivity index (χ0n) is 38.1. The fourth-order valence-corrected chi connectivity index (χ4v) is 6.55. The van der Waals surface area contributed by atoms with Gasteiger partial charge in [-0.15, -0.1) is 0 Å². The molecule has 1 aliphatic rings. The smallest absolute Gasteiger partial charge is 0.341 e. The zero-order valence-corrected chi connectivity index (χ0v) is 38.1. The van der Waals surface area contributed by atoms with Crippen molar-refractivity contribution in [2.75, 3.05) is 46.2 Å². The summed E-state index contributed by atoms with van der Waals surface area (Å²) < 4.78 is 73.4. The van der Waals surface area contributed by atoms with Crippen LogP contribution in [0.5, 0.6) is 46.0 Å². The average molecular weight is 853 g/mol. The van der Waals surface area contributed by atoms with Gasteiger partial charge in [0.05, 0.1) is 46.2 Å². The number of hydrogen-bond acceptors (Lipinski definition) is 10. The molecule has 0 spiro atoms. The fourth-order valence-electron chi connectivity index (χ4n) is 6.55. The third-order valence-electron chi connectivity index (χ3n) is 10.3. The Balaban J connectivity index is 1.84. The van der Waals surface area contributed by atoms with E-state index < -0.39 is 24.0 Å². The zero-order chi connectivity index (χ0) is 43.8. The van der Waals surface area contributed by atoms with Gasteiger partial charge >= 0.3 is 5.97 Å². The lowest BCUT2D eigenvalue weighted by molar-refractivity contribution is -0.0194. The summed E-state index contributed by atoms with van der Waals surface area (Å²) in [5.41, 5.74) is 1.13. The Morgan fingerprint density at radius 2 is 1.05 bits per heavy atom. The Bertz CT molecular complexity index is 1750. The van der Waals surface area contributed by atoms with Crippen molar-refractivity contribution in [1.29, 1.82) is 0 Å².